The van der Waals surface area contributed by atoms with Crippen LogP contribution in [-0.4, -0.2) is 43.8 Å². The van der Waals surface area contributed by atoms with Crippen molar-refractivity contribution in [2.45, 2.75) is 70.0 Å². The van der Waals surface area contributed by atoms with Gasteiger partial charge in [0.15, 0.2) is 0 Å². The van der Waals surface area contributed by atoms with E-state index in [1.807, 2.05) is 99.6 Å². The van der Waals surface area contributed by atoms with Gasteiger partial charge in [-0.3, -0.25) is 13.9 Å². The summed E-state index contributed by atoms with van der Waals surface area (Å²) < 4.78 is 28.3. The maximum atomic E-state index is 14.1. The van der Waals surface area contributed by atoms with Gasteiger partial charge in [0.2, 0.25) is 11.8 Å². The summed E-state index contributed by atoms with van der Waals surface area (Å²) in [6, 6.07) is 27.7. The van der Waals surface area contributed by atoms with Gasteiger partial charge in [-0.05, 0) is 60.9 Å². The van der Waals surface area contributed by atoms with Gasteiger partial charge in [0.1, 0.15) is 6.04 Å². The summed E-state index contributed by atoms with van der Waals surface area (Å²) in [6.45, 7) is 6.42. The van der Waals surface area contributed by atoms with Crippen LogP contribution in [0.2, 0.25) is 0 Å². The summed E-state index contributed by atoms with van der Waals surface area (Å²) in [5.74, 6) is -0.375. The molecule has 8 heteroatoms. The van der Waals surface area contributed by atoms with E-state index in [1.54, 1.807) is 17.0 Å². The molecule has 0 aromatic heterocycles. The van der Waals surface area contributed by atoms with Crippen molar-refractivity contribution in [3.63, 3.8) is 0 Å². The third kappa shape index (κ3) is 6.44. The van der Waals surface area contributed by atoms with Gasteiger partial charge in [-0.2, -0.15) is 0 Å². The average molecular weight is 598 g/mol. The Balaban J connectivity index is 1.41. The fourth-order valence-electron chi connectivity index (χ4n) is 5.68. The van der Waals surface area contributed by atoms with Crippen LogP contribution in [0, 0.1) is 6.92 Å². The van der Waals surface area contributed by atoms with Gasteiger partial charge in [0.25, 0.3) is 10.0 Å². The number of rotatable bonds is 12. The van der Waals surface area contributed by atoms with E-state index in [0.717, 1.165) is 33.9 Å². The van der Waals surface area contributed by atoms with Crippen molar-refractivity contribution in [3.8, 4) is 0 Å². The van der Waals surface area contributed by atoms with Crippen LogP contribution in [0.1, 0.15) is 49.8 Å². The maximum Gasteiger partial charge on any atom is 0.265 e. The quantitative estimate of drug-likeness (QED) is 0.217. The van der Waals surface area contributed by atoms with Crippen LogP contribution in [0.15, 0.2) is 95.9 Å². The Morgan fingerprint density at radius 2 is 1.60 bits per heavy atom. The van der Waals surface area contributed by atoms with Crippen LogP contribution in [0.3, 0.4) is 0 Å². The van der Waals surface area contributed by atoms with Crippen molar-refractivity contribution in [2.24, 2.45) is 0 Å². The van der Waals surface area contributed by atoms with Gasteiger partial charge in [-0.1, -0.05) is 85.8 Å². The minimum absolute atomic E-state index is 0.0362. The predicted molar refractivity (Wildman–Crippen MR) is 171 cm³/mol. The highest BCUT2D eigenvalue weighted by atomic mass is 32.2. The summed E-state index contributed by atoms with van der Waals surface area (Å²) in [4.78, 5) is 29.8. The summed E-state index contributed by atoms with van der Waals surface area (Å²) >= 11 is 0. The molecule has 0 unspecified atom stereocenters. The number of carbonyl (C=O) groups excluding carboxylic acids is 2. The van der Waals surface area contributed by atoms with Gasteiger partial charge in [0.05, 0.1) is 10.6 Å². The molecule has 1 aliphatic rings. The van der Waals surface area contributed by atoms with Crippen molar-refractivity contribution in [1.29, 1.82) is 0 Å². The molecule has 5 rings (SSSR count). The Morgan fingerprint density at radius 3 is 2.33 bits per heavy atom. The molecule has 0 saturated heterocycles. The smallest absolute Gasteiger partial charge is 0.265 e. The number of carbonyl (C=O) groups is 2. The highest BCUT2D eigenvalue weighted by Crippen LogP contribution is 2.42. The van der Waals surface area contributed by atoms with Crippen molar-refractivity contribution in [1.82, 2.24) is 10.2 Å². The molecular weight excluding hydrogens is 558 g/mol. The molecule has 224 valence electrons. The molecule has 0 spiro atoms. The summed E-state index contributed by atoms with van der Waals surface area (Å²) in [7, 11) is -3.71. The molecule has 0 bridgehead atoms. The van der Waals surface area contributed by atoms with E-state index >= 15 is 0 Å². The molecule has 7 nitrogen and oxygen atoms in total. The molecule has 0 fully saturated rings. The number of hydrogen-bond donors (Lipinski definition) is 1. The zero-order chi connectivity index (χ0) is 30.6. The van der Waals surface area contributed by atoms with Crippen molar-refractivity contribution in [3.05, 3.63) is 108 Å². The molecule has 1 N–H and O–H groups in total. The second kappa shape index (κ2) is 13.0. The first-order chi connectivity index (χ1) is 20.7. The second-order valence-electron chi connectivity index (χ2n) is 11.3. The Labute approximate surface area is 254 Å². The third-order valence-corrected chi connectivity index (χ3v) is 10.2. The molecule has 0 saturated carbocycles. The van der Waals surface area contributed by atoms with E-state index in [-0.39, 0.29) is 37.4 Å². The zero-order valence-corrected chi connectivity index (χ0v) is 25.8. The zero-order valence-electron chi connectivity index (χ0n) is 25.0. The third-order valence-electron chi connectivity index (χ3n) is 8.31. The van der Waals surface area contributed by atoms with Crippen LogP contribution < -0.4 is 9.62 Å². The highest BCUT2D eigenvalue weighted by molar-refractivity contribution is 7.93. The first kappa shape index (κ1) is 30.3. The van der Waals surface area contributed by atoms with E-state index in [0.29, 0.717) is 23.4 Å². The van der Waals surface area contributed by atoms with E-state index in [9.17, 15) is 18.0 Å². The summed E-state index contributed by atoms with van der Waals surface area (Å²) in [5, 5.41) is 4.70. The van der Waals surface area contributed by atoms with Crippen LogP contribution in [0.25, 0.3) is 10.8 Å². The number of sulfonamides is 1. The van der Waals surface area contributed by atoms with E-state index in [1.165, 1.54) is 4.31 Å². The number of hydrogen-bond acceptors (Lipinski definition) is 4. The Hall–Kier alpha value is -4.17. The molecule has 43 heavy (non-hydrogen) atoms. The summed E-state index contributed by atoms with van der Waals surface area (Å²) in [5.41, 5.74) is 3.61. The number of amides is 2. The first-order valence-corrected chi connectivity index (χ1v) is 16.4. The molecule has 1 heterocycles. The van der Waals surface area contributed by atoms with Gasteiger partial charge >= 0.3 is 0 Å². The van der Waals surface area contributed by atoms with Crippen molar-refractivity contribution in [2.75, 3.05) is 10.8 Å². The highest BCUT2D eigenvalue weighted by Gasteiger charge is 2.36. The van der Waals surface area contributed by atoms with Gasteiger partial charge in [-0.15, -0.1) is 0 Å². The molecule has 0 aliphatic carbocycles. The molecule has 4 aromatic carbocycles. The van der Waals surface area contributed by atoms with Gasteiger partial charge in [0, 0.05) is 37.4 Å². The fraction of sp³-hybridized carbons (Fsp3) is 0.314. The minimum Gasteiger partial charge on any atom is -0.352 e. The van der Waals surface area contributed by atoms with Crippen LogP contribution in [0.5, 0.6) is 0 Å². The summed E-state index contributed by atoms with van der Waals surface area (Å²) in [6.07, 6.45) is 1.57. The van der Waals surface area contributed by atoms with Crippen LogP contribution in [-0.2, 0) is 32.6 Å². The monoisotopic (exact) mass is 597 g/mol. The lowest BCUT2D eigenvalue weighted by molar-refractivity contribution is -0.141. The van der Waals surface area contributed by atoms with Gasteiger partial charge < -0.3 is 10.2 Å². The largest absolute Gasteiger partial charge is 0.352 e. The molecule has 0 radical (unpaired) electrons. The van der Waals surface area contributed by atoms with Crippen LogP contribution in [0.4, 0.5) is 5.69 Å². The minimum atomic E-state index is -3.71. The maximum absolute atomic E-state index is 14.1. The van der Waals surface area contributed by atoms with Crippen molar-refractivity contribution < 1.29 is 18.0 Å². The molecule has 4 aromatic rings. The van der Waals surface area contributed by atoms with E-state index in [2.05, 4.69) is 5.32 Å². The van der Waals surface area contributed by atoms with E-state index in [4.69, 9.17) is 0 Å². The number of anilines is 1. The number of nitrogens with zero attached hydrogens (tertiary/aromatic N) is 2. The predicted octanol–water partition coefficient (Wildman–Crippen LogP) is 5.99. The lowest BCUT2D eigenvalue weighted by Crippen LogP contribution is -2.52. The Kier molecular flexibility index (Phi) is 9.16. The number of benzene rings is 4. The number of aryl methyl sites for hydroxylation is 1. The van der Waals surface area contributed by atoms with E-state index < -0.39 is 16.1 Å². The topological polar surface area (TPSA) is 86.8 Å². The standard InChI is InChI=1S/C35H39N3O4S/c1-4-26(3)36-35(40)31(23-27-14-6-5-7-15-27)37(24-29-16-9-8-13-25(29)2)33(39)21-12-22-38-30-19-10-17-28-18-11-20-32(34(28)30)43(38,41)42/h5-11,13-20,26,31H,4,12,21-24H2,1-3H3,(H,36,40)/t26-,31+/m1/s1. The Morgan fingerprint density at radius 1 is 0.907 bits per heavy atom. The SMILES string of the molecule is CC[C@@H](C)NC(=O)[C@H](Cc1ccccc1)N(Cc1ccccc1C)C(=O)CCCN1c2cccc3cccc(c23)S1(=O)=O. The molecular formula is C35H39N3O4S. The molecule has 2 amide bonds. The normalized spacial score (nSPS) is 14.8. The number of nitrogens with one attached hydrogen (secondary N) is 1. The van der Waals surface area contributed by atoms with Crippen molar-refractivity contribution >= 4 is 38.3 Å². The lowest BCUT2D eigenvalue weighted by atomic mass is 10.0. The Bertz CT molecular complexity index is 1720. The fourth-order valence-corrected chi connectivity index (χ4v) is 7.43. The lowest BCUT2D eigenvalue weighted by Gasteiger charge is -2.33. The average Bonchev–Trinajstić information content (AvgIpc) is 3.23. The molecule has 1 aliphatic heterocycles. The van der Waals surface area contributed by atoms with Crippen LogP contribution >= 0.6 is 0 Å². The molecule has 2 atom stereocenters. The van der Waals surface area contributed by atoms with Gasteiger partial charge in [-0.25, -0.2) is 8.42 Å². The second-order valence-corrected chi connectivity index (χ2v) is 13.1. The first-order valence-electron chi connectivity index (χ1n) is 14.9.